The highest BCUT2D eigenvalue weighted by Gasteiger charge is 2.41. The van der Waals surface area contributed by atoms with Crippen LogP contribution >= 0.6 is 11.3 Å². The number of rotatable bonds is 4. The maximum atomic E-state index is 13.4. The first kappa shape index (κ1) is 22.2. The van der Waals surface area contributed by atoms with Crippen molar-refractivity contribution < 1.29 is 22.7 Å². The van der Waals surface area contributed by atoms with Crippen LogP contribution in [0.25, 0.3) is 6.08 Å². The molecule has 1 aromatic heterocycles. The van der Waals surface area contributed by atoms with Crippen LogP contribution in [0.2, 0.25) is 0 Å². The SMILES string of the molecule is CS(=O)(=O)c1sc(C(=O)N2CCC(N3C(=O)OCC3c3ccccc3)CC2)c2c1C=CCC2. The summed E-state index contributed by atoms with van der Waals surface area (Å²) in [7, 11) is -3.41. The molecule has 1 unspecified atom stereocenters. The van der Waals surface area contributed by atoms with E-state index in [1.807, 2.05) is 47.4 Å². The molecule has 3 heterocycles. The lowest BCUT2D eigenvalue weighted by Gasteiger charge is -2.38. The van der Waals surface area contributed by atoms with Crippen LogP contribution in [0.5, 0.6) is 0 Å². The van der Waals surface area contributed by atoms with Gasteiger partial charge in [0.2, 0.25) is 0 Å². The minimum absolute atomic E-state index is 0.000945. The number of nitrogens with zero attached hydrogens (tertiary/aromatic N) is 2. The second kappa shape index (κ2) is 8.61. The number of amides is 2. The average Bonchev–Trinajstić information content (AvgIpc) is 3.40. The summed E-state index contributed by atoms with van der Waals surface area (Å²) in [6.45, 7) is 1.38. The molecule has 174 valence electrons. The average molecular weight is 487 g/mol. The van der Waals surface area contributed by atoms with Gasteiger partial charge in [0.25, 0.3) is 5.91 Å². The van der Waals surface area contributed by atoms with Gasteiger partial charge in [-0.15, -0.1) is 11.3 Å². The smallest absolute Gasteiger partial charge is 0.410 e. The molecule has 0 bridgehead atoms. The Morgan fingerprint density at radius 2 is 1.88 bits per heavy atom. The summed E-state index contributed by atoms with van der Waals surface area (Å²) in [5.41, 5.74) is 2.58. The third kappa shape index (κ3) is 4.08. The summed E-state index contributed by atoms with van der Waals surface area (Å²) in [5, 5.41) is 0. The van der Waals surface area contributed by atoms with Gasteiger partial charge in [-0.1, -0.05) is 42.5 Å². The number of allylic oxidation sites excluding steroid dienone is 1. The fraction of sp³-hybridized carbons (Fsp3) is 0.417. The van der Waals surface area contributed by atoms with E-state index < -0.39 is 9.84 Å². The summed E-state index contributed by atoms with van der Waals surface area (Å²) in [6, 6.07) is 9.76. The highest BCUT2D eigenvalue weighted by atomic mass is 32.2. The number of benzene rings is 1. The first-order valence-electron chi connectivity index (χ1n) is 11.2. The summed E-state index contributed by atoms with van der Waals surface area (Å²) in [4.78, 5) is 30.1. The van der Waals surface area contributed by atoms with Crippen molar-refractivity contribution in [3.05, 3.63) is 58.0 Å². The quantitative estimate of drug-likeness (QED) is 0.654. The number of thiophene rings is 1. The van der Waals surface area contributed by atoms with Crippen LogP contribution in [0.15, 0.2) is 40.6 Å². The van der Waals surface area contributed by atoms with Crippen molar-refractivity contribution in [3.63, 3.8) is 0 Å². The van der Waals surface area contributed by atoms with Gasteiger partial charge in [-0.25, -0.2) is 13.2 Å². The molecule has 0 spiro atoms. The van der Waals surface area contributed by atoms with Crippen molar-refractivity contribution in [1.29, 1.82) is 0 Å². The first-order chi connectivity index (χ1) is 15.8. The Bertz CT molecular complexity index is 1210. The minimum Gasteiger partial charge on any atom is -0.447 e. The number of sulfone groups is 1. The molecule has 7 nitrogen and oxygen atoms in total. The monoisotopic (exact) mass is 486 g/mol. The summed E-state index contributed by atoms with van der Waals surface area (Å²) < 4.78 is 30.2. The van der Waals surface area contributed by atoms with E-state index in [0.717, 1.165) is 28.9 Å². The highest BCUT2D eigenvalue weighted by molar-refractivity contribution is 7.92. The molecule has 1 atom stereocenters. The maximum absolute atomic E-state index is 13.4. The molecule has 0 N–H and O–H groups in total. The van der Waals surface area contributed by atoms with E-state index >= 15 is 0 Å². The van der Waals surface area contributed by atoms with Gasteiger partial charge in [0, 0.05) is 31.0 Å². The van der Waals surface area contributed by atoms with E-state index in [1.165, 1.54) is 6.26 Å². The highest BCUT2D eigenvalue weighted by Crippen LogP contribution is 2.38. The minimum atomic E-state index is -3.41. The number of ether oxygens (including phenoxy) is 1. The molecule has 5 rings (SSSR count). The van der Waals surface area contributed by atoms with E-state index in [2.05, 4.69) is 0 Å². The molecule has 1 aromatic carbocycles. The molecule has 2 fully saturated rings. The summed E-state index contributed by atoms with van der Waals surface area (Å²) in [5.74, 6) is -0.108. The van der Waals surface area contributed by atoms with Gasteiger partial charge < -0.3 is 9.64 Å². The van der Waals surface area contributed by atoms with Gasteiger partial charge in [0.1, 0.15) is 10.8 Å². The van der Waals surface area contributed by atoms with Crippen molar-refractivity contribution in [3.8, 4) is 0 Å². The van der Waals surface area contributed by atoms with Crippen LogP contribution in [0.3, 0.4) is 0 Å². The molecule has 0 saturated carbocycles. The molecule has 2 saturated heterocycles. The Hall–Kier alpha value is -2.65. The molecule has 1 aliphatic carbocycles. The number of fused-ring (bicyclic) bond motifs is 1. The summed E-state index contributed by atoms with van der Waals surface area (Å²) in [6.07, 6.45) is 7.48. The fourth-order valence-electron chi connectivity index (χ4n) is 5.01. The number of cyclic esters (lactones) is 1. The fourth-order valence-corrected chi connectivity index (χ4v) is 7.49. The largest absolute Gasteiger partial charge is 0.447 e. The topological polar surface area (TPSA) is 84.0 Å². The zero-order valence-corrected chi connectivity index (χ0v) is 20.0. The van der Waals surface area contributed by atoms with Crippen molar-refractivity contribution in [2.45, 2.75) is 42.0 Å². The predicted molar refractivity (Wildman–Crippen MR) is 126 cm³/mol. The Balaban J connectivity index is 1.33. The van der Waals surface area contributed by atoms with E-state index in [9.17, 15) is 18.0 Å². The van der Waals surface area contributed by atoms with E-state index in [0.29, 0.717) is 49.4 Å². The molecular weight excluding hydrogens is 460 g/mol. The Morgan fingerprint density at radius 3 is 2.58 bits per heavy atom. The Labute approximate surface area is 197 Å². The molecule has 2 aliphatic heterocycles. The molecule has 0 radical (unpaired) electrons. The van der Waals surface area contributed by atoms with Gasteiger partial charge in [0.15, 0.2) is 9.84 Å². The lowest BCUT2D eigenvalue weighted by atomic mass is 9.97. The predicted octanol–water partition coefficient (Wildman–Crippen LogP) is 3.91. The third-order valence-electron chi connectivity index (χ3n) is 6.63. The van der Waals surface area contributed by atoms with Gasteiger partial charge in [-0.2, -0.15) is 0 Å². The zero-order chi connectivity index (χ0) is 23.2. The second-order valence-corrected chi connectivity index (χ2v) is 12.0. The first-order valence-corrected chi connectivity index (χ1v) is 13.9. The zero-order valence-electron chi connectivity index (χ0n) is 18.4. The lowest BCUT2D eigenvalue weighted by Crippen LogP contribution is -2.47. The van der Waals surface area contributed by atoms with Crippen LogP contribution in [0, 0.1) is 0 Å². The molecule has 2 amide bonds. The number of hydrogen-bond acceptors (Lipinski definition) is 6. The molecule has 33 heavy (non-hydrogen) atoms. The van der Waals surface area contributed by atoms with Crippen LogP contribution in [-0.2, 0) is 21.0 Å². The Morgan fingerprint density at radius 1 is 1.15 bits per heavy atom. The second-order valence-electron chi connectivity index (χ2n) is 8.76. The molecule has 3 aliphatic rings. The third-order valence-corrected chi connectivity index (χ3v) is 9.71. The summed E-state index contributed by atoms with van der Waals surface area (Å²) >= 11 is 1.09. The number of likely N-dealkylation sites (tertiary alicyclic amines) is 1. The van der Waals surface area contributed by atoms with Gasteiger partial charge in [0.05, 0.1) is 10.9 Å². The number of piperidine rings is 1. The maximum Gasteiger partial charge on any atom is 0.410 e. The van der Waals surface area contributed by atoms with E-state index in [-0.39, 0.29) is 28.3 Å². The molecular formula is C24H26N2O5S2. The molecule has 2 aromatic rings. The van der Waals surface area contributed by atoms with Crippen LogP contribution < -0.4 is 0 Å². The number of carbonyl (C=O) groups excluding carboxylic acids is 2. The van der Waals surface area contributed by atoms with E-state index in [4.69, 9.17) is 4.74 Å². The normalized spacial score (nSPS) is 21.2. The van der Waals surface area contributed by atoms with E-state index in [1.54, 1.807) is 4.90 Å². The standard InChI is InChI=1S/C24H26N2O5S2/c1-33(29,30)23-19-10-6-5-9-18(19)21(32-23)22(27)25-13-11-17(12-14-25)26-20(15-31-24(26)28)16-7-3-2-4-8-16/h2-4,6-8,10,17,20H,5,9,11-15H2,1H3. The molecule has 9 heteroatoms. The number of hydrogen-bond donors (Lipinski definition) is 0. The van der Waals surface area contributed by atoms with Crippen LogP contribution in [0.4, 0.5) is 4.79 Å². The van der Waals surface area contributed by atoms with Gasteiger partial charge >= 0.3 is 6.09 Å². The van der Waals surface area contributed by atoms with Crippen molar-refractivity contribution in [2.24, 2.45) is 0 Å². The van der Waals surface area contributed by atoms with Gasteiger partial charge in [-0.05, 0) is 36.8 Å². The van der Waals surface area contributed by atoms with Crippen molar-refractivity contribution in [1.82, 2.24) is 9.80 Å². The lowest BCUT2D eigenvalue weighted by molar-refractivity contribution is 0.0640. The van der Waals surface area contributed by atoms with Crippen molar-refractivity contribution >= 4 is 39.3 Å². The van der Waals surface area contributed by atoms with Crippen LogP contribution in [-0.4, -0.2) is 62.2 Å². The van der Waals surface area contributed by atoms with Crippen molar-refractivity contribution in [2.75, 3.05) is 26.0 Å². The number of carbonyl (C=O) groups is 2. The van der Waals surface area contributed by atoms with Gasteiger partial charge in [-0.3, -0.25) is 9.69 Å². The van der Waals surface area contributed by atoms with Crippen LogP contribution in [0.1, 0.15) is 51.7 Å². The Kier molecular flexibility index (Phi) is 5.78.